The smallest absolute Gasteiger partial charge is 0.306 e. The van der Waals surface area contributed by atoms with E-state index >= 15 is 0 Å². The van der Waals surface area contributed by atoms with Crippen LogP contribution in [0, 0.1) is 0 Å². The molecule has 0 spiro atoms. The van der Waals surface area contributed by atoms with Crippen molar-refractivity contribution in [3.8, 4) is 0 Å². The molecule has 64 valence electrons. The van der Waals surface area contributed by atoms with Gasteiger partial charge in [-0.25, -0.2) is 0 Å². The van der Waals surface area contributed by atoms with Gasteiger partial charge in [0.25, 0.3) is 0 Å². The van der Waals surface area contributed by atoms with Gasteiger partial charge in [0.15, 0.2) is 0 Å². The third-order valence-corrected chi connectivity index (χ3v) is 2.09. The van der Waals surface area contributed by atoms with Gasteiger partial charge in [0, 0.05) is 5.92 Å². The topological polar surface area (TPSA) is 39.4 Å². The molecule has 1 fully saturated rings. The highest BCUT2D eigenvalue weighted by Crippen LogP contribution is 2.27. The summed E-state index contributed by atoms with van der Waals surface area (Å²) in [5.41, 5.74) is 0. The summed E-state index contributed by atoms with van der Waals surface area (Å²) >= 11 is 0. The van der Waals surface area contributed by atoms with E-state index in [9.17, 15) is 4.79 Å². The summed E-state index contributed by atoms with van der Waals surface area (Å²) in [5, 5.41) is 0. The molecule has 12 heavy (non-hydrogen) atoms. The molecular weight excluding hydrogens is 156 g/mol. The number of esters is 1. The van der Waals surface area contributed by atoms with E-state index in [2.05, 4.69) is 0 Å². The lowest BCUT2D eigenvalue weighted by molar-refractivity contribution is -0.147. The Morgan fingerprint density at radius 1 is 1.50 bits per heavy atom. The van der Waals surface area contributed by atoms with Gasteiger partial charge in [-0.05, 0) is 18.6 Å². The van der Waals surface area contributed by atoms with Crippen LogP contribution in [0.3, 0.4) is 0 Å². The van der Waals surface area contributed by atoms with E-state index in [-0.39, 0.29) is 11.9 Å². The molecule has 1 aromatic rings. The molecule has 0 radical (unpaired) electrons. The SMILES string of the molecule is O=C1CC(c2ccco2)CCO1. The van der Waals surface area contributed by atoms with Crippen molar-refractivity contribution in [3.63, 3.8) is 0 Å². The molecule has 0 aromatic carbocycles. The first-order valence-electron chi connectivity index (χ1n) is 4.05. The van der Waals surface area contributed by atoms with Crippen molar-refractivity contribution in [2.45, 2.75) is 18.8 Å². The zero-order valence-electron chi connectivity index (χ0n) is 6.66. The van der Waals surface area contributed by atoms with Crippen LogP contribution in [0.4, 0.5) is 0 Å². The van der Waals surface area contributed by atoms with Crippen molar-refractivity contribution in [2.24, 2.45) is 0 Å². The number of carbonyl (C=O) groups is 1. The Kier molecular flexibility index (Phi) is 1.86. The van der Waals surface area contributed by atoms with E-state index in [4.69, 9.17) is 9.15 Å². The lowest BCUT2D eigenvalue weighted by Gasteiger charge is -2.18. The van der Waals surface area contributed by atoms with Crippen molar-refractivity contribution in [3.05, 3.63) is 24.2 Å². The van der Waals surface area contributed by atoms with Gasteiger partial charge in [0.2, 0.25) is 0 Å². The van der Waals surface area contributed by atoms with Crippen LogP contribution in [-0.2, 0) is 9.53 Å². The number of rotatable bonds is 1. The standard InChI is InChI=1S/C9H10O3/c10-9-6-7(3-5-12-9)8-2-1-4-11-8/h1-2,4,7H,3,5-6H2. The zero-order chi connectivity index (χ0) is 8.39. The fourth-order valence-electron chi connectivity index (χ4n) is 1.44. The molecule has 0 amide bonds. The molecule has 1 unspecified atom stereocenters. The van der Waals surface area contributed by atoms with Gasteiger partial charge < -0.3 is 9.15 Å². The number of furan rings is 1. The number of ether oxygens (including phenoxy) is 1. The minimum Gasteiger partial charge on any atom is -0.469 e. The fraction of sp³-hybridized carbons (Fsp3) is 0.444. The van der Waals surface area contributed by atoms with E-state index in [1.807, 2.05) is 12.1 Å². The molecule has 3 heteroatoms. The number of hydrogen-bond donors (Lipinski definition) is 0. The van der Waals surface area contributed by atoms with Crippen LogP contribution in [0.5, 0.6) is 0 Å². The Morgan fingerprint density at radius 2 is 2.42 bits per heavy atom. The third-order valence-electron chi connectivity index (χ3n) is 2.09. The highest BCUT2D eigenvalue weighted by Gasteiger charge is 2.23. The molecule has 0 aliphatic carbocycles. The minimum absolute atomic E-state index is 0.123. The van der Waals surface area contributed by atoms with E-state index in [1.165, 1.54) is 0 Å². The molecule has 0 saturated carbocycles. The zero-order valence-corrected chi connectivity index (χ0v) is 6.66. The summed E-state index contributed by atoms with van der Waals surface area (Å²) in [6.45, 7) is 0.518. The van der Waals surface area contributed by atoms with Crippen molar-refractivity contribution in [1.82, 2.24) is 0 Å². The molecule has 3 nitrogen and oxygen atoms in total. The Bertz CT molecular complexity index is 263. The summed E-state index contributed by atoms with van der Waals surface area (Å²) in [7, 11) is 0. The highest BCUT2D eigenvalue weighted by atomic mass is 16.5. The first-order valence-corrected chi connectivity index (χ1v) is 4.05. The number of cyclic esters (lactones) is 1. The van der Waals surface area contributed by atoms with Crippen LogP contribution in [0.2, 0.25) is 0 Å². The highest BCUT2D eigenvalue weighted by molar-refractivity contribution is 5.71. The van der Waals surface area contributed by atoms with Gasteiger partial charge in [-0.3, -0.25) is 4.79 Å². The molecule has 1 aromatic heterocycles. The molecule has 1 saturated heterocycles. The molecule has 1 aliphatic rings. The molecule has 1 atom stereocenters. The van der Waals surface area contributed by atoms with Gasteiger partial charge in [0.1, 0.15) is 5.76 Å². The maximum Gasteiger partial charge on any atom is 0.306 e. The van der Waals surface area contributed by atoms with Crippen LogP contribution in [0.1, 0.15) is 24.5 Å². The Labute approximate surface area is 70.3 Å². The number of carbonyl (C=O) groups excluding carboxylic acids is 1. The summed E-state index contributed by atoms with van der Waals surface area (Å²) in [6, 6.07) is 3.75. The lowest BCUT2D eigenvalue weighted by atomic mass is 9.97. The van der Waals surface area contributed by atoms with Crippen molar-refractivity contribution in [2.75, 3.05) is 6.61 Å². The van der Waals surface area contributed by atoms with E-state index < -0.39 is 0 Å². The van der Waals surface area contributed by atoms with Gasteiger partial charge in [-0.15, -0.1) is 0 Å². The minimum atomic E-state index is -0.123. The predicted octanol–water partition coefficient (Wildman–Crippen LogP) is 1.70. The molecule has 0 N–H and O–H groups in total. The van der Waals surface area contributed by atoms with Gasteiger partial charge in [0.05, 0.1) is 19.3 Å². The van der Waals surface area contributed by atoms with E-state index in [1.54, 1.807) is 6.26 Å². The lowest BCUT2D eigenvalue weighted by Crippen LogP contribution is -2.18. The van der Waals surface area contributed by atoms with Crippen LogP contribution in [0.25, 0.3) is 0 Å². The molecule has 2 heterocycles. The Hall–Kier alpha value is -1.25. The molecule has 2 rings (SSSR count). The van der Waals surface area contributed by atoms with Crippen molar-refractivity contribution >= 4 is 5.97 Å². The maximum absolute atomic E-state index is 10.9. The van der Waals surface area contributed by atoms with Gasteiger partial charge in [-0.1, -0.05) is 0 Å². The second kappa shape index (κ2) is 3.01. The molecule has 0 bridgehead atoms. The molecule has 1 aliphatic heterocycles. The summed E-state index contributed by atoms with van der Waals surface area (Å²) < 4.78 is 10.0. The monoisotopic (exact) mass is 166 g/mol. The van der Waals surface area contributed by atoms with Crippen LogP contribution < -0.4 is 0 Å². The number of hydrogen-bond acceptors (Lipinski definition) is 3. The first kappa shape index (κ1) is 7.40. The molecular formula is C9H10O3. The quantitative estimate of drug-likeness (QED) is 0.596. The predicted molar refractivity (Wildman–Crippen MR) is 41.6 cm³/mol. The van der Waals surface area contributed by atoms with Crippen molar-refractivity contribution < 1.29 is 13.9 Å². The van der Waals surface area contributed by atoms with Gasteiger partial charge in [-0.2, -0.15) is 0 Å². The Morgan fingerprint density at radius 3 is 3.08 bits per heavy atom. The van der Waals surface area contributed by atoms with Crippen LogP contribution in [-0.4, -0.2) is 12.6 Å². The van der Waals surface area contributed by atoms with E-state index in [0.29, 0.717) is 13.0 Å². The second-order valence-electron chi connectivity index (χ2n) is 2.93. The maximum atomic E-state index is 10.9. The Balaban J connectivity index is 2.09. The first-order chi connectivity index (χ1) is 5.86. The summed E-state index contributed by atoms with van der Waals surface area (Å²) in [4.78, 5) is 10.9. The summed E-state index contributed by atoms with van der Waals surface area (Å²) in [6.07, 6.45) is 2.96. The van der Waals surface area contributed by atoms with E-state index in [0.717, 1.165) is 12.2 Å². The average molecular weight is 166 g/mol. The largest absolute Gasteiger partial charge is 0.469 e. The van der Waals surface area contributed by atoms with Gasteiger partial charge >= 0.3 is 5.97 Å². The summed E-state index contributed by atoms with van der Waals surface area (Å²) in [5.74, 6) is 0.996. The fourth-order valence-corrected chi connectivity index (χ4v) is 1.44. The normalized spacial score (nSPS) is 23.7. The average Bonchev–Trinajstić information content (AvgIpc) is 2.56. The van der Waals surface area contributed by atoms with Crippen LogP contribution in [0.15, 0.2) is 22.8 Å². The second-order valence-corrected chi connectivity index (χ2v) is 2.93. The third kappa shape index (κ3) is 1.35. The van der Waals surface area contributed by atoms with Crippen LogP contribution >= 0.6 is 0 Å². The van der Waals surface area contributed by atoms with Crippen molar-refractivity contribution in [1.29, 1.82) is 0 Å².